The Morgan fingerprint density at radius 1 is 1.16 bits per heavy atom. The van der Waals surface area contributed by atoms with Crippen LogP contribution in [0.15, 0.2) is 60.9 Å². The van der Waals surface area contributed by atoms with Gasteiger partial charge in [-0.05, 0) is 35.4 Å². The maximum Gasteiger partial charge on any atom is 0.225 e. The summed E-state index contributed by atoms with van der Waals surface area (Å²) >= 11 is 0. The molecule has 1 heterocycles. The monoisotopic (exact) mass is 341 g/mol. The summed E-state index contributed by atoms with van der Waals surface area (Å²) in [4.78, 5) is 16.7. The highest BCUT2D eigenvalue weighted by molar-refractivity contribution is 5.79. The number of hydrogen-bond donors (Lipinski definition) is 1. The van der Waals surface area contributed by atoms with Crippen LogP contribution < -0.4 is 5.32 Å². The van der Waals surface area contributed by atoms with Gasteiger partial charge in [0, 0.05) is 19.4 Å². The average molecular weight is 341 g/mol. The number of carbonyl (C=O) groups is 1. The number of imidazole rings is 1. The van der Waals surface area contributed by atoms with E-state index in [9.17, 15) is 13.6 Å². The molecule has 3 aromatic rings. The van der Waals surface area contributed by atoms with Crippen LogP contribution in [0.2, 0.25) is 0 Å². The van der Waals surface area contributed by atoms with Crippen molar-refractivity contribution >= 4 is 5.91 Å². The van der Waals surface area contributed by atoms with Gasteiger partial charge in [0.05, 0.1) is 6.42 Å². The summed E-state index contributed by atoms with van der Waals surface area (Å²) in [5.74, 6) is -0.402. The first-order chi connectivity index (χ1) is 12.0. The van der Waals surface area contributed by atoms with Crippen LogP contribution in [0.3, 0.4) is 0 Å². The van der Waals surface area contributed by atoms with Gasteiger partial charge in [-0.25, -0.2) is 13.8 Å². The van der Waals surface area contributed by atoms with Gasteiger partial charge < -0.3 is 9.88 Å². The number of nitrogens with zero attached hydrogens (tertiary/aromatic N) is 2. The molecule has 1 amide bonds. The maximum absolute atomic E-state index is 13.6. The summed E-state index contributed by atoms with van der Waals surface area (Å²) in [5.41, 5.74) is 1.29. The first kappa shape index (κ1) is 16.8. The van der Waals surface area contributed by atoms with Gasteiger partial charge in [-0.15, -0.1) is 0 Å². The fraction of sp³-hybridized carbons (Fsp3) is 0.158. The number of aromatic nitrogens is 2. The first-order valence-corrected chi connectivity index (χ1v) is 7.79. The fourth-order valence-corrected chi connectivity index (χ4v) is 2.64. The third kappa shape index (κ3) is 4.09. The van der Waals surface area contributed by atoms with Crippen molar-refractivity contribution in [3.8, 4) is 0 Å². The van der Waals surface area contributed by atoms with E-state index in [2.05, 4.69) is 10.3 Å². The lowest BCUT2D eigenvalue weighted by Gasteiger charge is -2.19. The van der Waals surface area contributed by atoms with Crippen LogP contribution in [-0.2, 0) is 18.3 Å². The minimum Gasteiger partial charge on any atom is -0.342 e. The lowest BCUT2D eigenvalue weighted by Crippen LogP contribution is -2.32. The molecule has 4 nitrogen and oxygen atoms in total. The van der Waals surface area contributed by atoms with Gasteiger partial charge in [-0.3, -0.25) is 4.79 Å². The van der Waals surface area contributed by atoms with Gasteiger partial charge in [0.2, 0.25) is 5.91 Å². The lowest BCUT2D eigenvalue weighted by molar-refractivity contribution is -0.121. The molecule has 1 atom stereocenters. The molecule has 0 aliphatic rings. The molecule has 128 valence electrons. The highest BCUT2D eigenvalue weighted by atomic mass is 19.1. The number of benzene rings is 2. The quantitative estimate of drug-likeness (QED) is 0.775. The van der Waals surface area contributed by atoms with Crippen LogP contribution in [0.5, 0.6) is 0 Å². The Morgan fingerprint density at radius 2 is 1.92 bits per heavy atom. The van der Waals surface area contributed by atoms with E-state index in [0.717, 1.165) is 0 Å². The van der Waals surface area contributed by atoms with Gasteiger partial charge in [0.15, 0.2) is 0 Å². The molecule has 6 heteroatoms. The highest BCUT2D eigenvalue weighted by Gasteiger charge is 2.21. The summed E-state index contributed by atoms with van der Waals surface area (Å²) in [7, 11) is 1.81. The van der Waals surface area contributed by atoms with Crippen LogP contribution in [-0.4, -0.2) is 15.5 Å². The van der Waals surface area contributed by atoms with Gasteiger partial charge in [0.25, 0.3) is 0 Å². The smallest absolute Gasteiger partial charge is 0.225 e. The molecule has 0 radical (unpaired) electrons. The minimum atomic E-state index is -0.580. The van der Waals surface area contributed by atoms with Crippen LogP contribution in [0, 0.1) is 11.6 Å². The summed E-state index contributed by atoms with van der Waals surface area (Å²) in [6, 6.07) is 11.2. The van der Waals surface area contributed by atoms with E-state index in [1.807, 2.05) is 0 Å². The van der Waals surface area contributed by atoms with Crippen molar-refractivity contribution < 1.29 is 13.6 Å². The Balaban J connectivity index is 1.83. The molecule has 0 saturated carbocycles. The number of aryl methyl sites for hydroxylation is 1. The lowest BCUT2D eigenvalue weighted by atomic mass is 10.0. The number of rotatable bonds is 5. The van der Waals surface area contributed by atoms with Gasteiger partial charge >= 0.3 is 0 Å². The summed E-state index contributed by atoms with van der Waals surface area (Å²) in [5, 5.41) is 2.88. The second-order valence-electron chi connectivity index (χ2n) is 5.76. The van der Waals surface area contributed by atoms with Crippen molar-refractivity contribution in [3.63, 3.8) is 0 Å². The predicted octanol–water partition coefficient (Wildman–Crippen LogP) is 3.15. The Morgan fingerprint density at radius 3 is 2.56 bits per heavy atom. The molecule has 2 aromatic carbocycles. The van der Waals surface area contributed by atoms with E-state index in [1.165, 1.54) is 24.3 Å². The molecule has 0 fully saturated rings. The molecule has 0 aliphatic carbocycles. The Kier molecular flexibility index (Phi) is 4.88. The van der Waals surface area contributed by atoms with Gasteiger partial charge in [0.1, 0.15) is 23.5 Å². The van der Waals surface area contributed by atoms with Crippen LogP contribution in [0.1, 0.15) is 23.0 Å². The normalized spacial score (nSPS) is 12.0. The molecular weight excluding hydrogens is 324 g/mol. The van der Waals surface area contributed by atoms with Crippen LogP contribution >= 0.6 is 0 Å². The largest absolute Gasteiger partial charge is 0.342 e. The van der Waals surface area contributed by atoms with Crippen LogP contribution in [0.4, 0.5) is 8.78 Å². The van der Waals surface area contributed by atoms with Gasteiger partial charge in [-0.1, -0.05) is 24.3 Å². The van der Waals surface area contributed by atoms with Crippen molar-refractivity contribution in [1.29, 1.82) is 0 Å². The molecule has 0 aliphatic heterocycles. The Hall–Kier alpha value is -3.02. The van der Waals surface area contributed by atoms with Crippen molar-refractivity contribution in [2.24, 2.45) is 7.05 Å². The van der Waals surface area contributed by atoms with E-state index < -0.39 is 6.04 Å². The highest BCUT2D eigenvalue weighted by Crippen LogP contribution is 2.21. The van der Waals surface area contributed by atoms with Crippen molar-refractivity contribution in [1.82, 2.24) is 14.9 Å². The third-order valence-electron chi connectivity index (χ3n) is 3.88. The van der Waals surface area contributed by atoms with E-state index in [-0.39, 0.29) is 24.0 Å². The first-order valence-electron chi connectivity index (χ1n) is 7.79. The molecule has 0 unspecified atom stereocenters. The molecule has 3 rings (SSSR count). The zero-order valence-electron chi connectivity index (χ0n) is 13.6. The van der Waals surface area contributed by atoms with E-state index >= 15 is 0 Å². The maximum atomic E-state index is 13.6. The summed E-state index contributed by atoms with van der Waals surface area (Å²) < 4.78 is 28.4. The average Bonchev–Trinajstić information content (AvgIpc) is 3.00. The number of halogens is 2. The van der Waals surface area contributed by atoms with E-state index in [4.69, 9.17) is 0 Å². The summed E-state index contributed by atoms with van der Waals surface area (Å²) in [6.07, 6.45) is 3.47. The van der Waals surface area contributed by atoms with Gasteiger partial charge in [-0.2, -0.15) is 0 Å². The molecule has 1 N–H and O–H groups in total. The number of carbonyl (C=O) groups excluding carboxylic acids is 1. The van der Waals surface area contributed by atoms with Crippen molar-refractivity contribution in [2.45, 2.75) is 12.5 Å². The predicted molar refractivity (Wildman–Crippen MR) is 89.7 cm³/mol. The Bertz CT molecular complexity index is 874. The van der Waals surface area contributed by atoms with Crippen LogP contribution in [0.25, 0.3) is 0 Å². The van der Waals surface area contributed by atoms with Crippen molar-refractivity contribution in [2.75, 3.05) is 0 Å². The SMILES string of the molecule is Cn1ccnc1[C@H](NC(=O)Cc1ccc(F)cc1)c1cccc(F)c1. The molecule has 1 aromatic heterocycles. The molecule has 0 bridgehead atoms. The Labute approximate surface area is 144 Å². The second-order valence-corrected chi connectivity index (χ2v) is 5.76. The standard InChI is InChI=1S/C19H17F2N3O/c1-24-10-9-22-19(24)18(14-3-2-4-16(21)12-14)23-17(25)11-13-5-7-15(20)8-6-13/h2-10,12,18H,11H2,1H3,(H,23,25)/t18-/m1/s1. The topological polar surface area (TPSA) is 46.9 Å². The van der Waals surface area contributed by atoms with Crippen molar-refractivity contribution in [3.05, 3.63) is 89.5 Å². The van der Waals surface area contributed by atoms with E-state index in [0.29, 0.717) is 17.0 Å². The zero-order chi connectivity index (χ0) is 17.8. The number of nitrogens with one attached hydrogen (secondary N) is 1. The zero-order valence-corrected chi connectivity index (χ0v) is 13.6. The molecule has 0 spiro atoms. The van der Waals surface area contributed by atoms with E-state index in [1.54, 1.807) is 48.3 Å². The fourth-order valence-electron chi connectivity index (χ4n) is 2.64. The minimum absolute atomic E-state index is 0.0938. The summed E-state index contributed by atoms with van der Waals surface area (Å²) in [6.45, 7) is 0. The molecular formula is C19H17F2N3O. The molecule has 25 heavy (non-hydrogen) atoms. The number of hydrogen-bond acceptors (Lipinski definition) is 2. The second kappa shape index (κ2) is 7.25. The number of amides is 1. The third-order valence-corrected chi connectivity index (χ3v) is 3.88. The molecule has 0 saturated heterocycles.